The Kier molecular flexibility index (Phi) is 7.42. The van der Waals surface area contributed by atoms with Gasteiger partial charge in [0.1, 0.15) is 18.1 Å². The number of ether oxygens (including phenoxy) is 2. The number of carbonyl (C=O) groups excluding carboxylic acids is 3. The number of hydrogen-bond donors (Lipinski definition) is 2. The molecule has 8 nitrogen and oxygen atoms in total. The number of benzene rings is 1. The van der Waals surface area contributed by atoms with Gasteiger partial charge in [-0.2, -0.15) is 0 Å². The van der Waals surface area contributed by atoms with Crippen molar-refractivity contribution in [2.45, 2.75) is 19.9 Å². The number of amides is 2. The van der Waals surface area contributed by atoms with E-state index in [0.717, 1.165) is 0 Å². The highest BCUT2D eigenvalue weighted by atomic mass is 16.5. The van der Waals surface area contributed by atoms with Crippen LogP contribution in [0.5, 0.6) is 5.75 Å². The summed E-state index contributed by atoms with van der Waals surface area (Å²) in [6.45, 7) is 3.36. The lowest BCUT2D eigenvalue weighted by Gasteiger charge is -2.11. The highest BCUT2D eigenvalue weighted by Gasteiger charge is 2.14. The second-order valence-electron chi connectivity index (χ2n) is 5.61. The van der Waals surface area contributed by atoms with Crippen molar-refractivity contribution in [3.8, 4) is 5.75 Å². The molecule has 0 aliphatic carbocycles. The van der Waals surface area contributed by atoms with E-state index in [1.165, 1.54) is 6.26 Å². The lowest BCUT2D eigenvalue weighted by atomic mass is 10.2. The lowest BCUT2D eigenvalue weighted by Crippen LogP contribution is -2.34. The van der Waals surface area contributed by atoms with E-state index < -0.39 is 24.4 Å². The van der Waals surface area contributed by atoms with E-state index in [4.69, 9.17) is 13.9 Å². The van der Waals surface area contributed by atoms with Gasteiger partial charge in [-0.1, -0.05) is 0 Å². The zero-order chi connectivity index (χ0) is 19.6. The van der Waals surface area contributed by atoms with E-state index >= 15 is 0 Å². The van der Waals surface area contributed by atoms with Crippen molar-refractivity contribution >= 4 is 17.8 Å². The number of carbonyl (C=O) groups is 3. The van der Waals surface area contributed by atoms with Crippen LogP contribution in [0, 0.1) is 0 Å². The van der Waals surface area contributed by atoms with Crippen LogP contribution in [0.1, 0.15) is 36.0 Å². The second-order valence-corrected chi connectivity index (χ2v) is 5.61. The molecule has 2 N–H and O–H groups in total. The number of nitrogens with one attached hydrogen (secondary N) is 2. The molecule has 2 aromatic rings. The molecule has 0 saturated heterocycles. The third-order valence-corrected chi connectivity index (χ3v) is 3.53. The highest BCUT2D eigenvalue weighted by Crippen LogP contribution is 2.12. The summed E-state index contributed by atoms with van der Waals surface area (Å²) in [4.78, 5) is 35.4. The molecule has 2 amide bonds. The van der Waals surface area contributed by atoms with E-state index in [1.807, 2.05) is 6.92 Å². The molecule has 2 rings (SSSR count). The van der Waals surface area contributed by atoms with Gasteiger partial charge in [-0.05, 0) is 50.2 Å². The fraction of sp³-hybridized carbons (Fsp3) is 0.316. The Morgan fingerprint density at radius 3 is 2.52 bits per heavy atom. The minimum atomic E-state index is -0.713. The summed E-state index contributed by atoms with van der Waals surface area (Å²) in [6.07, 6.45) is 1.51. The molecule has 8 heteroatoms. The third-order valence-electron chi connectivity index (χ3n) is 3.53. The molecule has 0 unspecified atom stereocenters. The number of hydrogen-bond acceptors (Lipinski definition) is 6. The average molecular weight is 374 g/mol. The zero-order valence-corrected chi connectivity index (χ0v) is 15.2. The summed E-state index contributed by atoms with van der Waals surface area (Å²) >= 11 is 0. The molecule has 0 saturated carbocycles. The molecule has 27 heavy (non-hydrogen) atoms. The predicted octanol–water partition coefficient (Wildman–Crippen LogP) is 1.83. The van der Waals surface area contributed by atoms with Gasteiger partial charge in [0.25, 0.3) is 11.8 Å². The topological polar surface area (TPSA) is 107 Å². The summed E-state index contributed by atoms with van der Waals surface area (Å²) in [5.41, 5.74) is 0.385. The van der Waals surface area contributed by atoms with Crippen LogP contribution >= 0.6 is 0 Å². The first-order valence-corrected chi connectivity index (χ1v) is 8.49. The van der Waals surface area contributed by atoms with Gasteiger partial charge in [-0.25, -0.2) is 0 Å². The van der Waals surface area contributed by atoms with Gasteiger partial charge in [-0.3, -0.25) is 14.4 Å². The van der Waals surface area contributed by atoms with Crippen LogP contribution < -0.4 is 15.4 Å². The molecular weight excluding hydrogens is 352 g/mol. The van der Waals surface area contributed by atoms with Crippen molar-refractivity contribution in [3.63, 3.8) is 0 Å². The van der Waals surface area contributed by atoms with Crippen LogP contribution in [0.2, 0.25) is 0 Å². The van der Waals surface area contributed by atoms with Crippen LogP contribution in [-0.2, 0) is 14.3 Å². The average Bonchev–Trinajstić information content (AvgIpc) is 3.20. The Hall–Kier alpha value is -3.29. The maximum Gasteiger partial charge on any atom is 0.325 e. The van der Waals surface area contributed by atoms with Crippen molar-refractivity contribution in [1.29, 1.82) is 0 Å². The SMILES string of the molecule is CCOc1ccc(C(=O)NCC(=O)OCC(=O)N[C@H](C)c2ccco2)cc1. The number of esters is 1. The first kappa shape index (κ1) is 20.0. The molecular formula is C19H22N2O6. The molecule has 0 aliphatic rings. The fourth-order valence-electron chi connectivity index (χ4n) is 2.21. The van der Waals surface area contributed by atoms with Gasteiger partial charge < -0.3 is 24.5 Å². The Balaban J connectivity index is 1.69. The van der Waals surface area contributed by atoms with Crippen molar-refractivity contribution in [2.24, 2.45) is 0 Å². The van der Waals surface area contributed by atoms with Crippen molar-refractivity contribution < 1.29 is 28.3 Å². The molecule has 0 aliphatic heterocycles. The van der Waals surface area contributed by atoms with Crippen molar-refractivity contribution in [2.75, 3.05) is 19.8 Å². The summed E-state index contributed by atoms with van der Waals surface area (Å²) in [5, 5.41) is 5.07. The quantitative estimate of drug-likeness (QED) is 0.649. The minimum absolute atomic E-state index is 0.340. The molecule has 0 spiro atoms. The fourth-order valence-corrected chi connectivity index (χ4v) is 2.21. The first-order valence-electron chi connectivity index (χ1n) is 8.49. The summed E-state index contributed by atoms with van der Waals surface area (Å²) in [5.74, 6) is -0.355. The second kappa shape index (κ2) is 10.0. The Labute approximate surface area is 156 Å². The van der Waals surface area contributed by atoms with Gasteiger partial charge in [0.05, 0.1) is 18.9 Å². The molecule has 0 fully saturated rings. The summed E-state index contributed by atoms with van der Waals surface area (Å²) in [6, 6.07) is 9.62. The molecule has 144 valence electrons. The summed E-state index contributed by atoms with van der Waals surface area (Å²) < 4.78 is 15.3. The molecule has 0 radical (unpaired) electrons. The van der Waals surface area contributed by atoms with Crippen molar-refractivity contribution in [1.82, 2.24) is 10.6 Å². The van der Waals surface area contributed by atoms with Crippen LogP contribution in [0.4, 0.5) is 0 Å². The third kappa shape index (κ3) is 6.50. The van der Waals surface area contributed by atoms with E-state index in [1.54, 1.807) is 43.3 Å². The molecule has 0 bridgehead atoms. The Morgan fingerprint density at radius 1 is 1.15 bits per heavy atom. The molecule has 1 atom stereocenters. The van der Waals surface area contributed by atoms with Crippen LogP contribution in [0.3, 0.4) is 0 Å². The van der Waals surface area contributed by atoms with E-state index in [0.29, 0.717) is 23.7 Å². The number of furan rings is 1. The predicted molar refractivity (Wildman–Crippen MR) is 96.2 cm³/mol. The van der Waals surface area contributed by atoms with E-state index in [-0.39, 0.29) is 12.6 Å². The first-order chi connectivity index (χ1) is 13.0. The van der Waals surface area contributed by atoms with Gasteiger partial charge in [-0.15, -0.1) is 0 Å². The maximum atomic E-state index is 12.0. The van der Waals surface area contributed by atoms with Crippen LogP contribution in [0.15, 0.2) is 47.1 Å². The zero-order valence-electron chi connectivity index (χ0n) is 15.2. The smallest absolute Gasteiger partial charge is 0.325 e. The molecule has 1 aromatic heterocycles. The van der Waals surface area contributed by atoms with Gasteiger partial charge in [0.2, 0.25) is 0 Å². The van der Waals surface area contributed by atoms with Gasteiger partial charge >= 0.3 is 5.97 Å². The summed E-state index contributed by atoms with van der Waals surface area (Å²) in [7, 11) is 0. The molecule has 1 heterocycles. The van der Waals surface area contributed by atoms with E-state index in [2.05, 4.69) is 10.6 Å². The van der Waals surface area contributed by atoms with Crippen LogP contribution in [0.25, 0.3) is 0 Å². The number of rotatable bonds is 9. The highest BCUT2D eigenvalue weighted by molar-refractivity contribution is 5.96. The maximum absolute atomic E-state index is 12.0. The standard InChI is InChI=1S/C19H22N2O6/c1-3-25-15-8-6-14(7-9-15)19(24)20-11-18(23)27-12-17(22)21-13(2)16-5-4-10-26-16/h4-10,13H,3,11-12H2,1-2H3,(H,20,24)(H,21,22)/t13-/m1/s1. The Morgan fingerprint density at radius 2 is 1.89 bits per heavy atom. The molecule has 1 aromatic carbocycles. The van der Waals surface area contributed by atoms with Crippen LogP contribution in [-0.4, -0.2) is 37.5 Å². The van der Waals surface area contributed by atoms with Gasteiger partial charge in [0.15, 0.2) is 6.61 Å². The lowest BCUT2D eigenvalue weighted by molar-refractivity contribution is -0.147. The normalized spacial score (nSPS) is 11.3. The Bertz CT molecular complexity index is 755. The van der Waals surface area contributed by atoms with Gasteiger partial charge in [0, 0.05) is 5.56 Å². The monoisotopic (exact) mass is 374 g/mol. The largest absolute Gasteiger partial charge is 0.494 e. The van der Waals surface area contributed by atoms with E-state index in [9.17, 15) is 14.4 Å². The van der Waals surface area contributed by atoms with Crippen molar-refractivity contribution in [3.05, 3.63) is 54.0 Å². The minimum Gasteiger partial charge on any atom is -0.494 e.